The Morgan fingerprint density at radius 2 is 2.20 bits per heavy atom. The molecule has 1 aromatic carbocycles. The summed E-state index contributed by atoms with van der Waals surface area (Å²) < 4.78 is 5.76. The van der Waals surface area contributed by atoms with Gasteiger partial charge in [-0.3, -0.25) is 4.79 Å². The molecule has 1 heterocycles. The molecule has 2 heteroatoms. The first-order chi connectivity index (χ1) is 7.24. The molecule has 0 N–H and O–H groups in total. The quantitative estimate of drug-likeness (QED) is 0.689. The number of para-hydroxylation sites is 1. The van der Waals surface area contributed by atoms with Crippen molar-refractivity contribution in [1.82, 2.24) is 0 Å². The third-order valence-corrected chi connectivity index (χ3v) is 2.80. The molecule has 0 aromatic heterocycles. The number of hydrogen-bond donors (Lipinski definition) is 0. The Balaban J connectivity index is 2.36. The summed E-state index contributed by atoms with van der Waals surface area (Å²) in [5.74, 6) is 0.786. The number of hydrogen-bond acceptors (Lipinski definition) is 2. The van der Waals surface area contributed by atoms with Gasteiger partial charge in [-0.1, -0.05) is 25.1 Å². The maximum atomic E-state index is 12.0. The van der Waals surface area contributed by atoms with Crippen molar-refractivity contribution in [3.63, 3.8) is 0 Å². The van der Waals surface area contributed by atoms with E-state index in [-0.39, 0.29) is 17.8 Å². The highest BCUT2D eigenvalue weighted by Crippen LogP contribution is 2.31. The van der Waals surface area contributed by atoms with Crippen LogP contribution in [-0.4, -0.2) is 11.9 Å². The predicted molar refractivity (Wildman–Crippen MR) is 59.2 cm³/mol. The largest absolute Gasteiger partial charge is 0.489 e. The van der Waals surface area contributed by atoms with Crippen LogP contribution in [0.5, 0.6) is 5.75 Å². The monoisotopic (exact) mass is 202 g/mol. The first-order valence-electron chi connectivity index (χ1n) is 5.15. The fraction of sp³-hybridized carbons (Fsp3) is 0.308. The fourth-order valence-corrected chi connectivity index (χ4v) is 1.87. The summed E-state index contributed by atoms with van der Waals surface area (Å²) in [5.41, 5.74) is 0.699. The van der Waals surface area contributed by atoms with Crippen molar-refractivity contribution in [2.75, 3.05) is 0 Å². The number of benzene rings is 1. The number of ether oxygens (including phenoxy) is 1. The van der Waals surface area contributed by atoms with Gasteiger partial charge >= 0.3 is 0 Å². The molecule has 1 aliphatic heterocycles. The number of ketones is 1. The Kier molecular flexibility index (Phi) is 2.58. The number of carbonyl (C=O) groups is 1. The molecule has 2 unspecified atom stereocenters. The molecule has 0 spiro atoms. The van der Waals surface area contributed by atoms with Crippen molar-refractivity contribution >= 4 is 5.78 Å². The van der Waals surface area contributed by atoms with Gasteiger partial charge in [-0.15, -0.1) is 6.58 Å². The second-order valence-corrected chi connectivity index (χ2v) is 3.83. The Bertz CT molecular complexity index is 395. The van der Waals surface area contributed by atoms with Gasteiger partial charge in [0.25, 0.3) is 0 Å². The van der Waals surface area contributed by atoms with Crippen LogP contribution in [0.1, 0.15) is 23.7 Å². The molecule has 0 amide bonds. The summed E-state index contributed by atoms with van der Waals surface area (Å²) in [6.45, 7) is 5.59. The predicted octanol–water partition coefficient (Wildman–Crippen LogP) is 2.84. The van der Waals surface area contributed by atoms with Crippen molar-refractivity contribution in [1.29, 1.82) is 0 Å². The van der Waals surface area contributed by atoms with Crippen LogP contribution in [0, 0.1) is 5.92 Å². The number of fused-ring (bicyclic) bond motifs is 1. The van der Waals surface area contributed by atoms with Crippen LogP contribution < -0.4 is 4.74 Å². The lowest BCUT2D eigenvalue weighted by Crippen LogP contribution is -2.35. The van der Waals surface area contributed by atoms with Crippen molar-refractivity contribution in [2.45, 2.75) is 19.4 Å². The van der Waals surface area contributed by atoms with Gasteiger partial charge in [0.2, 0.25) is 0 Å². The highest BCUT2D eigenvalue weighted by Gasteiger charge is 2.32. The number of Topliss-reactive ketones (excluding diaryl/α,β-unsaturated/α-hetero) is 1. The van der Waals surface area contributed by atoms with Gasteiger partial charge < -0.3 is 4.74 Å². The Hall–Kier alpha value is -1.57. The highest BCUT2D eigenvalue weighted by molar-refractivity contribution is 6.01. The smallest absolute Gasteiger partial charge is 0.173 e. The summed E-state index contributed by atoms with van der Waals surface area (Å²) in [7, 11) is 0. The van der Waals surface area contributed by atoms with Gasteiger partial charge in [-0.25, -0.2) is 0 Å². The molecular weight excluding hydrogens is 188 g/mol. The topological polar surface area (TPSA) is 26.3 Å². The van der Waals surface area contributed by atoms with Crippen molar-refractivity contribution in [3.8, 4) is 5.75 Å². The lowest BCUT2D eigenvalue weighted by molar-refractivity contribution is 0.0699. The van der Waals surface area contributed by atoms with Gasteiger partial charge in [-0.2, -0.15) is 0 Å². The fourth-order valence-electron chi connectivity index (χ4n) is 1.87. The molecule has 0 fully saturated rings. The Labute approximate surface area is 89.6 Å². The third-order valence-electron chi connectivity index (χ3n) is 2.80. The summed E-state index contributed by atoms with van der Waals surface area (Å²) >= 11 is 0. The van der Waals surface area contributed by atoms with Crippen molar-refractivity contribution in [3.05, 3.63) is 42.5 Å². The molecule has 2 rings (SSSR count). The van der Waals surface area contributed by atoms with Gasteiger partial charge in [-0.05, 0) is 12.1 Å². The summed E-state index contributed by atoms with van der Waals surface area (Å²) in [5, 5.41) is 0. The molecule has 2 atom stereocenters. The molecule has 15 heavy (non-hydrogen) atoms. The average Bonchev–Trinajstić information content (AvgIpc) is 2.26. The Morgan fingerprint density at radius 3 is 2.93 bits per heavy atom. The van der Waals surface area contributed by atoms with Crippen molar-refractivity contribution in [2.24, 2.45) is 5.92 Å². The van der Waals surface area contributed by atoms with E-state index in [9.17, 15) is 4.79 Å². The minimum absolute atomic E-state index is 0.0649. The van der Waals surface area contributed by atoms with Crippen LogP contribution in [0.25, 0.3) is 0 Å². The number of carbonyl (C=O) groups excluding carboxylic acids is 1. The van der Waals surface area contributed by atoms with Crippen LogP contribution in [0.15, 0.2) is 36.9 Å². The summed E-state index contributed by atoms with van der Waals surface area (Å²) in [6.07, 6.45) is 2.44. The molecular formula is C13H14O2. The van der Waals surface area contributed by atoms with Gasteiger partial charge in [0.05, 0.1) is 11.5 Å². The molecule has 1 aliphatic rings. The van der Waals surface area contributed by atoms with E-state index in [2.05, 4.69) is 6.58 Å². The zero-order valence-electron chi connectivity index (χ0n) is 8.77. The maximum Gasteiger partial charge on any atom is 0.173 e. The molecule has 0 saturated carbocycles. The van der Waals surface area contributed by atoms with E-state index in [0.29, 0.717) is 17.7 Å². The minimum atomic E-state index is -0.0853. The minimum Gasteiger partial charge on any atom is -0.489 e. The summed E-state index contributed by atoms with van der Waals surface area (Å²) in [6, 6.07) is 7.40. The van der Waals surface area contributed by atoms with E-state index in [1.165, 1.54) is 0 Å². The molecule has 2 nitrogen and oxygen atoms in total. The summed E-state index contributed by atoms with van der Waals surface area (Å²) in [4.78, 5) is 12.0. The zero-order valence-corrected chi connectivity index (χ0v) is 8.77. The third kappa shape index (κ3) is 1.67. The van der Waals surface area contributed by atoms with Crippen LogP contribution in [-0.2, 0) is 0 Å². The number of rotatable bonds is 2. The first kappa shape index (κ1) is 9.97. The molecule has 0 radical (unpaired) electrons. The van der Waals surface area contributed by atoms with E-state index in [1.807, 2.05) is 31.2 Å². The molecule has 0 aliphatic carbocycles. The Morgan fingerprint density at radius 1 is 1.47 bits per heavy atom. The van der Waals surface area contributed by atoms with Crippen LogP contribution in [0.4, 0.5) is 0 Å². The molecule has 78 valence electrons. The molecule has 0 bridgehead atoms. The molecule has 1 aromatic rings. The maximum absolute atomic E-state index is 12.0. The van der Waals surface area contributed by atoms with Crippen LogP contribution in [0.3, 0.4) is 0 Å². The lowest BCUT2D eigenvalue weighted by atomic mass is 9.89. The second kappa shape index (κ2) is 3.89. The zero-order chi connectivity index (χ0) is 10.8. The van der Waals surface area contributed by atoms with Gasteiger partial charge in [0.15, 0.2) is 5.78 Å². The normalized spacial score (nSPS) is 24.2. The average molecular weight is 202 g/mol. The molecule has 0 saturated heterocycles. The highest BCUT2D eigenvalue weighted by atomic mass is 16.5. The van der Waals surface area contributed by atoms with Crippen LogP contribution in [0.2, 0.25) is 0 Å². The van der Waals surface area contributed by atoms with E-state index in [1.54, 1.807) is 6.08 Å². The van der Waals surface area contributed by atoms with Crippen molar-refractivity contribution < 1.29 is 9.53 Å². The van der Waals surface area contributed by atoms with Gasteiger partial charge in [0.1, 0.15) is 11.9 Å². The van der Waals surface area contributed by atoms with E-state index in [0.717, 1.165) is 0 Å². The lowest BCUT2D eigenvalue weighted by Gasteiger charge is -2.29. The second-order valence-electron chi connectivity index (χ2n) is 3.83. The van der Waals surface area contributed by atoms with E-state index < -0.39 is 0 Å². The SMILES string of the molecule is C=CCC1Oc2ccccc2C(=O)C1C. The van der Waals surface area contributed by atoms with Crippen LogP contribution >= 0.6 is 0 Å². The van der Waals surface area contributed by atoms with Gasteiger partial charge in [0, 0.05) is 6.42 Å². The van der Waals surface area contributed by atoms with E-state index in [4.69, 9.17) is 4.74 Å². The standard InChI is InChI=1S/C13H14O2/c1-3-6-11-9(2)13(14)10-7-4-5-8-12(10)15-11/h3-5,7-9,11H,1,6H2,2H3. The first-order valence-corrected chi connectivity index (χ1v) is 5.15. The van der Waals surface area contributed by atoms with E-state index >= 15 is 0 Å².